The van der Waals surface area contributed by atoms with Gasteiger partial charge in [0.15, 0.2) is 5.13 Å². The molecule has 0 aliphatic carbocycles. The van der Waals surface area contributed by atoms with Gasteiger partial charge in [-0.2, -0.15) is 0 Å². The van der Waals surface area contributed by atoms with Crippen molar-refractivity contribution in [3.05, 3.63) is 6.20 Å². The van der Waals surface area contributed by atoms with Crippen LogP contribution in [0.1, 0.15) is 19.8 Å². The molecule has 0 amide bonds. The van der Waals surface area contributed by atoms with E-state index >= 15 is 0 Å². The molecule has 1 aromatic heterocycles. The Balaban J connectivity index is 2.31. The molecule has 0 aromatic carbocycles. The van der Waals surface area contributed by atoms with Gasteiger partial charge in [0.2, 0.25) is 0 Å². The van der Waals surface area contributed by atoms with Crippen LogP contribution in [0.25, 0.3) is 0 Å². The third-order valence-electron chi connectivity index (χ3n) is 2.18. The summed E-state index contributed by atoms with van der Waals surface area (Å²) in [7, 11) is 0. The summed E-state index contributed by atoms with van der Waals surface area (Å²) in [5, 5.41) is 13.6. The first-order chi connectivity index (χ1) is 6.76. The molecule has 0 saturated carbocycles. The van der Waals surface area contributed by atoms with Gasteiger partial charge in [-0.25, -0.2) is 4.98 Å². The Hall–Kier alpha value is -0.810. The van der Waals surface area contributed by atoms with E-state index < -0.39 is 0 Å². The predicted octanol–water partition coefficient (Wildman–Crippen LogP) is 1.55. The summed E-state index contributed by atoms with van der Waals surface area (Å²) in [5.41, 5.74) is 5.55. The number of nitrogens with two attached hydrogens (primary N) is 1. The number of aromatic nitrogens is 1. The number of hydrogen-bond acceptors (Lipinski definition) is 5. The number of rotatable bonds is 6. The van der Waals surface area contributed by atoms with Crippen LogP contribution in [0.3, 0.4) is 0 Å². The van der Waals surface area contributed by atoms with Gasteiger partial charge in [0.1, 0.15) is 5.00 Å². The molecule has 0 aliphatic rings. The Labute approximate surface area is 88.2 Å². The van der Waals surface area contributed by atoms with Gasteiger partial charge in [0.05, 0.1) is 6.20 Å². The number of hydrogen-bond donors (Lipinski definition) is 3. The fourth-order valence-electron chi connectivity index (χ4n) is 1.23. The molecule has 1 aromatic rings. The van der Waals surface area contributed by atoms with E-state index in [1.165, 1.54) is 11.3 Å². The first-order valence-electron chi connectivity index (χ1n) is 4.82. The highest BCUT2D eigenvalue weighted by atomic mass is 32.1. The first-order valence-corrected chi connectivity index (χ1v) is 5.64. The second-order valence-corrected chi connectivity index (χ2v) is 4.30. The molecule has 4 nitrogen and oxygen atoms in total. The lowest BCUT2D eigenvalue weighted by Gasteiger charge is -2.13. The molecule has 1 rings (SSSR count). The second kappa shape index (κ2) is 5.82. The predicted molar refractivity (Wildman–Crippen MR) is 60.5 cm³/mol. The lowest BCUT2D eigenvalue weighted by Crippen LogP contribution is -2.14. The lowest BCUT2D eigenvalue weighted by atomic mass is 10.0. The van der Waals surface area contributed by atoms with E-state index in [1.807, 2.05) is 0 Å². The molecular formula is C9H17N3OS. The minimum atomic E-state index is 0.250. The fraction of sp³-hybridized carbons (Fsp3) is 0.667. The van der Waals surface area contributed by atoms with Crippen LogP contribution in [0.15, 0.2) is 6.20 Å². The Morgan fingerprint density at radius 3 is 3.00 bits per heavy atom. The maximum absolute atomic E-state index is 8.81. The van der Waals surface area contributed by atoms with Gasteiger partial charge < -0.3 is 16.2 Å². The number of nitrogens with one attached hydrogen (secondary N) is 1. The van der Waals surface area contributed by atoms with Crippen molar-refractivity contribution in [2.45, 2.75) is 19.8 Å². The fourth-order valence-corrected chi connectivity index (χ4v) is 1.82. The molecule has 0 radical (unpaired) electrons. The molecule has 0 saturated heterocycles. The molecule has 14 heavy (non-hydrogen) atoms. The number of nitrogen functional groups attached to an aromatic ring is 1. The number of aliphatic hydroxyl groups excluding tert-OH is 1. The molecule has 0 aliphatic heterocycles. The van der Waals surface area contributed by atoms with Crippen LogP contribution < -0.4 is 11.1 Å². The van der Waals surface area contributed by atoms with E-state index in [0.29, 0.717) is 5.92 Å². The van der Waals surface area contributed by atoms with E-state index in [4.69, 9.17) is 10.8 Å². The van der Waals surface area contributed by atoms with Gasteiger partial charge in [0, 0.05) is 13.2 Å². The zero-order valence-electron chi connectivity index (χ0n) is 8.36. The molecule has 5 heteroatoms. The highest BCUT2D eigenvalue weighted by Crippen LogP contribution is 2.20. The molecule has 0 fully saturated rings. The lowest BCUT2D eigenvalue weighted by molar-refractivity contribution is 0.258. The van der Waals surface area contributed by atoms with Crippen LogP contribution in [0.4, 0.5) is 10.1 Å². The van der Waals surface area contributed by atoms with Gasteiger partial charge in [0.25, 0.3) is 0 Å². The van der Waals surface area contributed by atoms with Gasteiger partial charge in [-0.05, 0) is 12.3 Å². The van der Waals surface area contributed by atoms with Crippen LogP contribution in [0, 0.1) is 5.92 Å². The molecule has 1 heterocycles. The molecule has 1 atom stereocenters. The molecule has 1 unspecified atom stereocenters. The molecule has 0 bridgehead atoms. The van der Waals surface area contributed by atoms with Crippen molar-refractivity contribution >= 4 is 21.5 Å². The number of nitrogens with zero attached hydrogens (tertiary/aromatic N) is 1. The normalized spacial score (nSPS) is 12.7. The minimum absolute atomic E-state index is 0.250. The third-order valence-corrected chi connectivity index (χ3v) is 2.96. The molecular weight excluding hydrogens is 198 g/mol. The smallest absolute Gasteiger partial charge is 0.184 e. The monoisotopic (exact) mass is 215 g/mol. The Kier molecular flexibility index (Phi) is 4.69. The molecule has 4 N–H and O–H groups in total. The second-order valence-electron chi connectivity index (χ2n) is 3.24. The van der Waals surface area contributed by atoms with Crippen LogP contribution in [-0.2, 0) is 0 Å². The van der Waals surface area contributed by atoms with E-state index in [-0.39, 0.29) is 6.61 Å². The van der Waals surface area contributed by atoms with Crippen molar-refractivity contribution in [3.8, 4) is 0 Å². The van der Waals surface area contributed by atoms with Crippen molar-refractivity contribution in [2.24, 2.45) is 5.92 Å². The van der Waals surface area contributed by atoms with Crippen LogP contribution in [-0.4, -0.2) is 23.2 Å². The van der Waals surface area contributed by atoms with Crippen molar-refractivity contribution < 1.29 is 5.11 Å². The largest absolute Gasteiger partial charge is 0.396 e. The van der Waals surface area contributed by atoms with Gasteiger partial charge in [-0.1, -0.05) is 24.7 Å². The van der Waals surface area contributed by atoms with Gasteiger partial charge in [-0.3, -0.25) is 0 Å². The standard InChI is InChI=1S/C9H17N3OS/c1-2-7(3-4-13)5-11-9-12-6-8(10)14-9/h6-7,13H,2-5,10H2,1H3,(H,11,12). The van der Waals surface area contributed by atoms with Gasteiger partial charge in [-0.15, -0.1) is 0 Å². The van der Waals surface area contributed by atoms with Gasteiger partial charge >= 0.3 is 0 Å². The summed E-state index contributed by atoms with van der Waals surface area (Å²) < 4.78 is 0. The average Bonchev–Trinajstić information content (AvgIpc) is 2.59. The highest BCUT2D eigenvalue weighted by molar-refractivity contribution is 7.19. The molecule has 0 spiro atoms. The summed E-state index contributed by atoms with van der Waals surface area (Å²) in [4.78, 5) is 4.10. The van der Waals surface area contributed by atoms with Crippen LogP contribution in [0.2, 0.25) is 0 Å². The SMILES string of the molecule is CCC(CCO)CNc1ncc(N)s1. The maximum atomic E-state index is 8.81. The third kappa shape index (κ3) is 3.51. The zero-order valence-corrected chi connectivity index (χ0v) is 9.18. The quantitative estimate of drug-likeness (QED) is 0.673. The number of thiazole rings is 1. The first kappa shape index (κ1) is 11.3. The Morgan fingerprint density at radius 2 is 2.50 bits per heavy atom. The Bertz CT molecular complexity index is 264. The van der Waals surface area contributed by atoms with Crippen molar-refractivity contribution in [2.75, 3.05) is 24.2 Å². The number of anilines is 2. The summed E-state index contributed by atoms with van der Waals surface area (Å²) in [6.45, 7) is 3.22. The van der Waals surface area contributed by atoms with Crippen molar-refractivity contribution in [3.63, 3.8) is 0 Å². The summed E-state index contributed by atoms with van der Waals surface area (Å²) in [6.07, 6.45) is 3.55. The number of aliphatic hydroxyl groups is 1. The Morgan fingerprint density at radius 1 is 1.71 bits per heavy atom. The van der Waals surface area contributed by atoms with E-state index in [2.05, 4.69) is 17.2 Å². The van der Waals surface area contributed by atoms with Crippen LogP contribution >= 0.6 is 11.3 Å². The average molecular weight is 215 g/mol. The summed E-state index contributed by atoms with van der Waals surface area (Å²) in [6, 6.07) is 0. The minimum Gasteiger partial charge on any atom is -0.396 e. The summed E-state index contributed by atoms with van der Waals surface area (Å²) >= 11 is 1.45. The summed E-state index contributed by atoms with van der Waals surface area (Å²) in [5.74, 6) is 0.505. The zero-order chi connectivity index (χ0) is 10.4. The maximum Gasteiger partial charge on any atom is 0.184 e. The van der Waals surface area contributed by atoms with E-state index in [9.17, 15) is 0 Å². The highest BCUT2D eigenvalue weighted by Gasteiger charge is 2.06. The van der Waals surface area contributed by atoms with Crippen molar-refractivity contribution in [1.82, 2.24) is 4.98 Å². The molecule has 80 valence electrons. The van der Waals surface area contributed by atoms with Crippen molar-refractivity contribution in [1.29, 1.82) is 0 Å². The van der Waals surface area contributed by atoms with E-state index in [1.54, 1.807) is 6.20 Å². The van der Waals surface area contributed by atoms with E-state index in [0.717, 1.165) is 29.5 Å². The topological polar surface area (TPSA) is 71.2 Å². The van der Waals surface area contributed by atoms with Crippen LogP contribution in [0.5, 0.6) is 0 Å².